The topological polar surface area (TPSA) is 82.5 Å². The number of aromatic nitrogens is 1. The minimum atomic E-state index is -1.13. The van der Waals surface area contributed by atoms with E-state index in [1.54, 1.807) is 13.0 Å². The number of hydrogen-bond donors (Lipinski definition) is 3. The number of benzene rings is 1. The standard InChI is InChI=1S/C16H16ClFN2O3/c1-9-2-5-15(21)14(20-9)8-19-13(16(22)23)7-10-6-11(17)3-4-12(10)18/h2-6,13,19,21H,7-8H2,1H3,(H,22,23)/t13-/m1/s1. The summed E-state index contributed by atoms with van der Waals surface area (Å²) in [5.74, 6) is -1.67. The number of nitrogens with one attached hydrogen (secondary N) is 1. The molecular formula is C16H16ClFN2O3. The van der Waals surface area contributed by atoms with E-state index in [4.69, 9.17) is 11.6 Å². The molecule has 1 atom stereocenters. The molecule has 3 N–H and O–H groups in total. The predicted octanol–water partition coefficient (Wildman–Crippen LogP) is 2.67. The van der Waals surface area contributed by atoms with Gasteiger partial charge in [-0.3, -0.25) is 15.1 Å². The van der Waals surface area contributed by atoms with Crippen molar-refractivity contribution < 1.29 is 19.4 Å². The highest BCUT2D eigenvalue weighted by Crippen LogP contribution is 2.18. The lowest BCUT2D eigenvalue weighted by Gasteiger charge is -2.15. The third-order valence-corrected chi connectivity index (χ3v) is 3.57. The van der Waals surface area contributed by atoms with E-state index in [2.05, 4.69) is 10.3 Å². The zero-order chi connectivity index (χ0) is 17.0. The summed E-state index contributed by atoms with van der Waals surface area (Å²) in [7, 11) is 0. The van der Waals surface area contributed by atoms with Crippen LogP contribution in [0.25, 0.3) is 0 Å². The third kappa shape index (κ3) is 4.64. The monoisotopic (exact) mass is 338 g/mol. The van der Waals surface area contributed by atoms with E-state index >= 15 is 0 Å². The number of halogens is 2. The van der Waals surface area contributed by atoms with Gasteiger partial charge in [0.2, 0.25) is 0 Å². The van der Waals surface area contributed by atoms with Crippen LogP contribution in [0.4, 0.5) is 4.39 Å². The van der Waals surface area contributed by atoms with Crippen molar-refractivity contribution >= 4 is 17.6 Å². The second-order valence-corrected chi connectivity index (χ2v) is 5.57. The number of carboxylic acid groups (broad SMARTS) is 1. The molecule has 122 valence electrons. The molecule has 7 heteroatoms. The molecule has 0 aliphatic rings. The number of rotatable bonds is 6. The Morgan fingerprint density at radius 3 is 2.83 bits per heavy atom. The van der Waals surface area contributed by atoms with Crippen molar-refractivity contribution in [3.8, 4) is 5.75 Å². The molecule has 0 bridgehead atoms. The average Bonchev–Trinajstić information content (AvgIpc) is 2.49. The molecule has 0 aliphatic carbocycles. The molecule has 0 fully saturated rings. The van der Waals surface area contributed by atoms with E-state index < -0.39 is 17.8 Å². The molecule has 0 unspecified atom stereocenters. The van der Waals surface area contributed by atoms with Crippen molar-refractivity contribution in [2.24, 2.45) is 0 Å². The molecule has 0 spiro atoms. The highest BCUT2D eigenvalue weighted by atomic mass is 35.5. The number of hydrogen-bond acceptors (Lipinski definition) is 4. The Morgan fingerprint density at radius 2 is 2.13 bits per heavy atom. The van der Waals surface area contributed by atoms with E-state index in [0.717, 1.165) is 0 Å². The van der Waals surface area contributed by atoms with Crippen LogP contribution < -0.4 is 5.32 Å². The van der Waals surface area contributed by atoms with Gasteiger partial charge in [0.15, 0.2) is 0 Å². The molecule has 0 saturated heterocycles. The van der Waals surface area contributed by atoms with Crippen LogP contribution in [0.1, 0.15) is 17.0 Å². The van der Waals surface area contributed by atoms with E-state index in [1.165, 1.54) is 24.3 Å². The Bertz CT molecular complexity index is 724. The maximum atomic E-state index is 13.7. The highest BCUT2D eigenvalue weighted by Gasteiger charge is 2.20. The van der Waals surface area contributed by atoms with Crippen molar-refractivity contribution in [3.05, 3.63) is 58.1 Å². The Balaban J connectivity index is 2.11. The van der Waals surface area contributed by atoms with Crippen molar-refractivity contribution in [3.63, 3.8) is 0 Å². The molecule has 1 aromatic carbocycles. The van der Waals surface area contributed by atoms with Crippen LogP contribution in [0.3, 0.4) is 0 Å². The lowest BCUT2D eigenvalue weighted by Crippen LogP contribution is -2.38. The minimum Gasteiger partial charge on any atom is -0.506 e. The molecule has 0 aliphatic heterocycles. The summed E-state index contributed by atoms with van der Waals surface area (Å²) in [5, 5.41) is 22.1. The second kappa shape index (κ2) is 7.39. The number of carboxylic acids is 1. The molecule has 5 nitrogen and oxygen atoms in total. The van der Waals surface area contributed by atoms with Gasteiger partial charge in [-0.05, 0) is 42.8 Å². The van der Waals surface area contributed by atoms with Crippen molar-refractivity contribution in [2.75, 3.05) is 0 Å². The van der Waals surface area contributed by atoms with Crippen LogP contribution in [-0.4, -0.2) is 27.2 Å². The smallest absolute Gasteiger partial charge is 0.321 e. The SMILES string of the molecule is Cc1ccc(O)c(CN[C@H](Cc2cc(Cl)ccc2F)C(=O)O)n1. The van der Waals surface area contributed by atoms with Crippen molar-refractivity contribution in [1.29, 1.82) is 0 Å². The van der Waals surface area contributed by atoms with Gasteiger partial charge in [-0.15, -0.1) is 0 Å². The third-order valence-electron chi connectivity index (χ3n) is 3.34. The summed E-state index contributed by atoms with van der Waals surface area (Å²) >= 11 is 5.81. The maximum absolute atomic E-state index is 13.7. The van der Waals surface area contributed by atoms with Crippen molar-refractivity contribution in [1.82, 2.24) is 10.3 Å². The van der Waals surface area contributed by atoms with Crippen molar-refractivity contribution in [2.45, 2.75) is 25.9 Å². The molecule has 1 heterocycles. The van der Waals surface area contributed by atoms with Gasteiger partial charge in [0.05, 0.1) is 5.69 Å². The fourth-order valence-electron chi connectivity index (χ4n) is 2.12. The van der Waals surface area contributed by atoms with E-state index in [1.807, 2.05) is 0 Å². The van der Waals surface area contributed by atoms with Crippen LogP contribution >= 0.6 is 11.6 Å². The zero-order valence-electron chi connectivity index (χ0n) is 12.4. The van der Waals surface area contributed by atoms with Gasteiger partial charge < -0.3 is 10.2 Å². The molecule has 1 aromatic heterocycles. The molecule has 2 aromatic rings. The van der Waals surface area contributed by atoms with Gasteiger partial charge >= 0.3 is 5.97 Å². The second-order valence-electron chi connectivity index (χ2n) is 5.13. The first-order valence-electron chi connectivity index (χ1n) is 6.92. The van der Waals surface area contributed by atoms with Gasteiger partial charge in [-0.1, -0.05) is 11.6 Å². The molecule has 0 radical (unpaired) electrons. The van der Waals surface area contributed by atoms with Crippen LogP contribution in [-0.2, 0) is 17.8 Å². The normalized spacial score (nSPS) is 12.1. The zero-order valence-corrected chi connectivity index (χ0v) is 13.1. The maximum Gasteiger partial charge on any atom is 0.321 e. The summed E-state index contributed by atoms with van der Waals surface area (Å²) < 4.78 is 13.7. The van der Waals surface area contributed by atoms with Crippen LogP contribution in [0.15, 0.2) is 30.3 Å². The predicted molar refractivity (Wildman–Crippen MR) is 84.0 cm³/mol. The highest BCUT2D eigenvalue weighted by molar-refractivity contribution is 6.30. The number of pyridine rings is 1. The van der Waals surface area contributed by atoms with E-state index in [-0.39, 0.29) is 24.3 Å². The van der Waals surface area contributed by atoms with Gasteiger partial charge in [0, 0.05) is 23.7 Å². The summed E-state index contributed by atoms with van der Waals surface area (Å²) in [6.07, 6.45) is -0.0751. The summed E-state index contributed by atoms with van der Waals surface area (Å²) in [4.78, 5) is 15.5. The number of nitrogens with zero attached hydrogens (tertiary/aromatic N) is 1. The first-order valence-corrected chi connectivity index (χ1v) is 7.30. The largest absolute Gasteiger partial charge is 0.506 e. The minimum absolute atomic E-state index is 0.0267. The van der Waals surface area contributed by atoms with E-state index in [0.29, 0.717) is 16.4 Å². The number of aromatic hydroxyl groups is 1. The lowest BCUT2D eigenvalue weighted by molar-refractivity contribution is -0.139. The Labute approximate surface area is 137 Å². The molecule has 2 rings (SSSR count). The fraction of sp³-hybridized carbons (Fsp3) is 0.250. The van der Waals surface area contributed by atoms with Crippen LogP contribution in [0, 0.1) is 12.7 Å². The van der Waals surface area contributed by atoms with Gasteiger partial charge in [-0.25, -0.2) is 4.39 Å². The van der Waals surface area contributed by atoms with Gasteiger partial charge in [0.1, 0.15) is 17.6 Å². The van der Waals surface area contributed by atoms with Crippen LogP contribution in [0.5, 0.6) is 5.75 Å². The molecule has 0 amide bonds. The Kier molecular flexibility index (Phi) is 5.52. The number of carbonyl (C=O) groups is 1. The lowest BCUT2D eigenvalue weighted by atomic mass is 10.1. The van der Waals surface area contributed by atoms with E-state index in [9.17, 15) is 19.4 Å². The summed E-state index contributed by atoms with van der Waals surface area (Å²) in [5.41, 5.74) is 1.24. The molecular weight excluding hydrogens is 323 g/mol. The van der Waals surface area contributed by atoms with Crippen LogP contribution in [0.2, 0.25) is 5.02 Å². The summed E-state index contributed by atoms with van der Waals surface area (Å²) in [6, 6.07) is 6.10. The fourth-order valence-corrected chi connectivity index (χ4v) is 2.31. The Morgan fingerprint density at radius 1 is 1.39 bits per heavy atom. The van der Waals surface area contributed by atoms with Gasteiger partial charge in [0.25, 0.3) is 0 Å². The number of aryl methyl sites for hydroxylation is 1. The first-order chi connectivity index (χ1) is 10.9. The summed E-state index contributed by atoms with van der Waals surface area (Å²) in [6.45, 7) is 1.81. The molecule has 23 heavy (non-hydrogen) atoms. The van der Waals surface area contributed by atoms with Gasteiger partial charge in [-0.2, -0.15) is 0 Å². The first kappa shape index (κ1) is 17.2. The average molecular weight is 339 g/mol. The number of aliphatic carboxylic acids is 1. The quantitative estimate of drug-likeness (QED) is 0.754. The molecule has 0 saturated carbocycles. The Hall–Kier alpha value is -2.18.